The number of pyridine rings is 2. The van der Waals surface area contributed by atoms with Crippen LogP contribution in [0.3, 0.4) is 0 Å². The lowest BCUT2D eigenvalue weighted by Crippen LogP contribution is -1.87. The second-order valence-electron chi connectivity index (χ2n) is 4.68. The van der Waals surface area contributed by atoms with E-state index in [-0.39, 0.29) is 0 Å². The summed E-state index contributed by atoms with van der Waals surface area (Å²) in [6.07, 6.45) is 3.65. The van der Waals surface area contributed by atoms with E-state index >= 15 is 0 Å². The van der Waals surface area contributed by atoms with Crippen LogP contribution in [0.1, 0.15) is 11.1 Å². The van der Waals surface area contributed by atoms with E-state index in [2.05, 4.69) is 57.9 Å². The molecule has 0 radical (unpaired) electrons. The van der Waals surface area contributed by atoms with E-state index < -0.39 is 0 Å². The number of rotatable bonds is 2. The Morgan fingerprint density at radius 3 is 2.65 bits per heavy atom. The summed E-state index contributed by atoms with van der Waals surface area (Å²) in [5.74, 6) is 0. The molecular formula is C16H13BrN2S. The summed E-state index contributed by atoms with van der Waals surface area (Å²) >= 11 is 5.16. The van der Waals surface area contributed by atoms with Crippen molar-refractivity contribution >= 4 is 38.7 Å². The highest BCUT2D eigenvalue weighted by Gasteiger charge is 2.06. The summed E-state index contributed by atoms with van der Waals surface area (Å²) in [6.45, 7) is 4.27. The molecule has 2 aromatic heterocycles. The van der Waals surface area contributed by atoms with Crippen LogP contribution in [-0.2, 0) is 0 Å². The van der Waals surface area contributed by atoms with E-state index in [1.807, 2.05) is 24.5 Å². The molecule has 0 aliphatic carbocycles. The number of halogens is 1. The molecule has 0 atom stereocenters. The van der Waals surface area contributed by atoms with Crippen molar-refractivity contribution in [1.29, 1.82) is 0 Å². The lowest BCUT2D eigenvalue weighted by Gasteiger charge is -2.07. The highest BCUT2D eigenvalue weighted by atomic mass is 79.9. The van der Waals surface area contributed by atoms with Crippen molar-refractivity contribution in [1.82, 2.24) is 9.97 Å². The summed E-state index contributed by atoms with van der Waals surface area (Å²) in [6, 6.07) is 10.5. The van der Waals surface area contributed by atoms with Gasteiger partial charge in [0.2, 0.25) is 0 Å². The van der Waals surface area contributed by atoms with Gasteiger partial charge in [0.25, 0.3) is 0 Å². The van der Waals surface area contributed by atoms with E-state index in [1.54, 1.807) is 11.8 Å². The number of aryl methyl sites for hydroxylation is 2. The fraction of sp³-hybridized carbons (Fsp3) is 0.125. The van der Waals surface area contributed by atoms with E-state index in [9.17, 15) is 0 Å². The van der Waals surface area contributed by atoms with Gasteiger partial charge in [-0.2, -0.15) is 0 Å². The largest absolute Gasteiger partial charge is 0.254 e. The van der Waals surface area contributed by atoms with Gasteiger partial charge in [-0.3, -0.25) is 9.97 Å². The molecule has 0 aliphatic heterocycles. The number of fused-ring (bicyclic) bond motifs is 1. The number of nitrogens with zero attached hydrogens (tertiary/aromatic N) is 2. The topological polar surface area (TPSA) is 25.8 Å². The first-order valence-electron chi connectivity index (χ1n) is 6.29. The summed E-state index contributed by atoms with van der Waals surface area (Å²) < 4.78 is 0.950. The van der Waals surface area contributed by atoms with Gasteiger partial charge in [0, 0.05) is 26.7 Å². The first-order chi connectivity index (χ1) is 9.63. The minimum absolute atomic E-state index is 0.910. The molecule has 20 heavy (non-hydrogen) atoms. The zero-order valence-corrected chi connectivity index (χ0v) is 13.6. The molecule has 1 aromatic carbocycles. The minimum atomic E-state index is 0.910. The zero-order valence-electron chi connectivity index (χ0n) is 11.2. The third-order valence-corrected chi connectivity index (χ3v) is 4.69. The fourth-order valence-corrected chi connectivity index (χ4v) is 3.30. The van der Waals surface area contributed by atoms with Crippen molar-refractivity contribution in [3.05, 3.63) is 58.3 Å². The Balaban J connectivity index is 2.04. The third-order valence-electron chi connectivity index (χ3n) is 3.21. The van der Waals surface area contributed by atoms with Crippen LogP contribution in [0.5, 0.6) is 0 Å². The van der Waals surface area contributed by atoms with E-state index in [0.717, 1.165) is 20.4 Å². The first-order valence-corrected chi connectivity index (χ1v) is 7.90. The van der Waals surface area contributed by atoms with Gasteiger partial charge in [-0.05, 0) is 65.2 Å². The molecule has 3 rings (SSSR count). The normalized spacial score (nSPS) is 10.9. The second-order valence-corrected chi connectivity index (χ2v) is 6.71. The van der Waals surface area contributed by atoms with Gasteiger partial charge in [0.1, 0.15) is 5.52 Å². The number of aromatic nitrogens is 2. The summed E-state index contributed by atoms with van der Waals surface area (Å²) in [7, 11) is 0. The summed E-state index contributed by atoms with van der Waals surface area (Å²) in [4.78, 5) is 11.2. The zero-order chi connectivity index (χ0) is 14.1. The van der Waals surface area contributed by atoms with Gasteiger partial charge in [-0.1, -0.05) is 17.8 Å². The van der Waals surface area contributed by atoms with Gasteiger partial charge < -0.3 is 0 Å². The minimum Gasteiger partial charge on any atom is -0.254 e. The molecule has 100 valence electrons. The molecule has 3 aromatic rings. The van der Waals surface area contributed by atoms with Gasteiger partial charge in [-0.25, -0.2) is 0 Å². The van der Waals surface area contributed by atoms with Gasteiger partial charge in [0.05, 0.1) is 5.52 Å². The molecule has 0 amide bonds. The van der Waals surface area contributed by atoms with Crippen LogP contribution in [-0.4, -0.2) is 9.97 Å². The van der Waals surface area contributed by atoms with E-state index in [0.29, 0.717) is 0 Å². The molecule has 4 heteroatoms. The predicted octanol–water partition coefficient (Wildman–Crippen LogP) is 5.16. The Bertz CT molecular complexity index is 787. The molecule has 0 unspecified atom stereocenters. The van der Waals surface area contributed by atoms with Crippen LogP contribution in [0.2, 0.25) is 0 Å². The van der Waals surface area contributed by atoms with Gasteiger partial charge >= 0.3 is 0 Å². The molecular weight excluding hydrogens is 332 g/mol. The average molecular weight is 345 g/mol. The maximum absolute atomic E-state index is 4.49. The van der Waals surface area contributed by atoms with E-state index in [4.69, 9.17) is 0 Å². The lowest BCUT2D eigenvalue weighted by molar-refractivity contribution is 1.25. The number of hydrogen-bond donors (Lipinski definition) is 0. The van der Waals surface area contributed by atoms with Gasteiger partial charge in [-0.15, -0.1) is 0 Å². The molecule has 0 bridgehead atoms. The molecule has 0 aliphatic rings. The molecule has 0 saturated carbocycles. The summed E-state index contributed by atoms with van der Waals surface area (Å²) in [5.41, 5.74) is 4.48. The van der Waals surface area contributed by atoms with Crippen LogP contribution >= 0.6 is 27.7 Å². The van der Waals surface area contributed by atoms with Gasteiger partial charge in [0.15, 0.2) is 0 Å². The SMILES string of the molecule is Cc1ccc(Sc2ccnc3cc(Br)cnc23)cc1C. The van der Waals surface area contributed by atoms with Crippen LogP contribution in [0.4, 0.5) is 0 Å². The number of hydrogen-bond acceptors (Lipinski definition) is 3. The van der Waals surface area contributed by atoms with Crippen LogP contribution in [0.25, 0.3) is 11.0 Å². The molecule has 0 spiro atoms. The van der Waals surface area contributed by atoms with Crippen LogP contribution < -0.4 is 0 Å². The standard InChI is InChI=1S/C16H13BrN2S/c1-10-3-4-13(7-11(10)2)20-15-5-6-18-14-8-12(17)9-19-16(14)15/h3-9H,1-2H3. The van der Waals surface area contributed by atoms with Crippen LogP contribution in [0, 0.1) is 13.8 Å². The Morgan fingerprint density at radius 1 is 1.00 bits per heavy atom. The van der Waals surface area contributed by atoms with Crippen LogP contribution in [0.15, 0.2) is 57.0 Å². The smallest absolute Gasteiger partial charge is 0.103 e. The highest BCUT2D eigenvalue weighted by molar-refractivity contribution is 9.10. The molecule has 2 nitrogen and oxygen atoms in total. The van der Waals surface area contributed by atoms with Crippen molar-refractivity contribution in [3.8, 4) is 0 Å². The predicted molar refractivity (Wildman–Crippen MR) is 87.3 cm³/mol. The third kappa shape index (κ3) is 2.72. The Kier molecular flexibility index (Phi) is 3.76. The summed E-state index contributed by atoms with van der Waals surface area (Å²) in [5, 5.41) is 0. The Hall–Kier alpha value is -1.39. The molecule has 0 saturated heterocycles. The number of benzene rings is 1. The quantitative estimate of drug-likeness (QED) is 0.642. The fourth-order valence-electron chi connectivity index (χ4n) is 1.97. The average Bonchev–Trinajstić information content (AvgIpc) is 2.43. The van der Waals surface area contributed by atoms with Crippen molar-refractivity contribution in [2.75, 3.05) is 0 Å². The van der Waals surface area contributed by atoms with Crippen molar-refractivity contribution in [2.45, 2.75) is 23.6 Å². The molecule has 0 fully saturated rings. The van der Waals surface area contributed by atoms with E-state index in [1.165, 1.54) is 16.0 Å². The lowest BCUT2D eigenvalue weighted by atomic mass is 10.1. The Labute approximate surface area is 130 Å². The van der Waals surface area contributed by atoms with Crippen molar-refractivity contribution < 1.29 is 0 Å². The molecule has 0 N–H and O–H groups in total. The Morgan fingerprint density at radius 2 is 1.85 bits per heavy atom. The first kappa shape index (κ1) is 13.6. The van der Waals surface area contributed by atoms with Crippen molar-refractivity contribution in [2.24, 2.45) is 0 Å². The highest BCUT2D eigenvalue weighted by Crippen LogP contribution is 2.33. The monoisotopic (exact) mass is 344 g/mol. The molecule has 2 heterocycles. The second kappa shape index (κ2) is 5.54. The maximum atomic E-state index is 4.49. The maximum Gasteiger partial charge on any atom is 0.103 e. The van der Waals surface area contributed by atoms with Crippen molar-refractivity contribution in [3.63, 3.8) is 0 Å².